The highest BCUT2D eigenvalue weighted by Gasteiger charge is 2.39. The van der Waals surface area contributed by atoms with Crippen LogP contribution in [0.5, 0.6) is 5.88 Å². The Morgan fingerprint density at radius 1 is 0.975 bits per heavy atom. The Morgan fingerprint density at radius 2 is 1.68 bits per heavy atom. The predicted octanol–water partition coefficient (Wildman–Crippen LogP) is 5.93. The number of nitrogens with zero attached hydrogens (tertiary/aromatic N) is 5. The third kappa shape index (κ3) is 4.77. The van der Waals surface area contributed by atoms with E-state index in [1.54, 1.807) is 25.2 Å². The van der Waals surface area contributed by atoms with Crippen LogP contribution in [0.25, 0.3) is 10.9 Å². The average Bonchev–Trinajstić information content (AvgIpc) is 3.35. The van der Waals surface area contributed by atoms with Gasteiger partial charge in [-0.25, -0.2) is 9.67 Å². The quantitative estimate of drug-likeness (QED) is 0.274. The molecular weight excluding hydrogens is 543 g/mol. The van der Waals surface area contributed by atoms with Crippen molar-refractivity contribution in [2.24, 2.45) is 7.05 Å². The van der Waals surface area contributed by atoms with Gasteiger partial charge in [0.25, 0.3) is 0 Å². The lowest BCUT2D eigenvalue weighted by molar-refractivity contribution is -0.137. The summed E-state index contributed by atoms with van der Waals surface area (Å²) in [5.41, 5.74) is 2.09. The number of benzene rings is 2. The van der Waals surface area contributed by atoms with Crippen molar-refractivity contribution in [3.05, 3.63) is 111 Å². The molecule has 0 unspecified atom stereocenters. The van der Waals surface area contributed by atoms with Crippen molar-refractivity contribution in [3.8, 4) is 5.88 Å². The second-order valence-electron chi connectivity index (χ2n) is 9.56. The second-order valence-corrected chi connectivity index (χ2v) is 9.93. The van der Waals surface area contributed by atoms with E-state index in [1.807, 2.05) is 26.0 Å². The van der Waals surface area contributed by atoms with Crippen molar-refractivity contribution in [2.75, 3.05) is 7.11 Å². The highest BCUT2D eigenvalue weighted by atomic mass is 35.5. The molecule has 7 nitrogen and oxygen atoms in total. The largest absolute Gasteiger partial charge is 0.481 e. The van der Waals surface area contributed by atoms with Gasteiger partial charge in [0, 0.05) is 41.4 Å². The zero-order valence-electron chi connectivity index (χ0n) is 22.1. The number of alkyl halides is 3. The maximum Gasteiger partial charge on any atom is 0.416 e. The molecule has 0 saturated heterocycles. The van der Waals surface area contributed by atoms with Crippen LogP contribution in [0.15, 0.2) is 60.8 Å². The Balaban J connectivity index is 1.68. The topological polar surface area (TPSA) is 85.9 Å². The van der Waals surface area contributed by atoms with E-state index in [0.29, 0.717) is 49.6 Å². The first-order valence-electron chi connectivity index (χ1n) is 12.3. The first-order chi connectivity index (χ1) is 18.9. The van der Waals surface area contributed by atoms with Crippen molar-refractivity contribution >= 4 is 22.5 Å². The molecule has 0 bridgehead atoms. The van der Waals surface area contributed by atoms with E-state index in [2.05, 4.69) is 20.3 Å². The maximum atomic E-state index is 13.0. The molecule has 40 heavy (non-hydrogen) atoms. The van der Waals surface area contributed by atoms with Crippen molar-refractivity contribution < 1.29 is 23.0 Å². The van der Waals surface area contributed by atoms with Crippen LogP contribution in [-0.2, 0) is 25.2 Å². The molecule has 0 aliphatic carbocycles. The third-order valence-corrected chi connectivity index (χ3v) is 7.38. The fourth-order valence-electron chi connectivity index (χ4n) is 4.93. The lowest BCUT2D eigenvalue weighted by Crippen LogP contribution is -2.32. The summed E-state index contributed by atoms with van der Waals surface area (Å²) in [7, 11) is 3.14. The summed E-state index contributed by atoms with van der Waals surface area (Å²) in [4.78, 5) is 9.16. The number of hydrogen-bond acceptors (Lipinski definition) is 6. The van der Waals surface area contributed by atoms with Gasteiger partial charge < -0.3 is 9.84 Å². The summed E-state index contributed by atoms with van der Waals surface area (Å²) in [6.45, 7) is 3.69. The van der Waals surface area contributed by atoms with E-state index >= 15 is 0 Å². The molecule has 5 aromatic rings. The second kappa shape index (κ2) is 10.2. The van der Waals surface area contributed by atoms with Gasteiger partial charge in [-0.2, -0.15) is 13.2 Å². The molecule has 0 aliphatic heterocycles. The normalized spacial score (nSPS) is 13.4. The predicted molar refractivity (Wildman–Crippen MR) is 144 cm³/mol. The van der Waals surface area contributed by atoms with Crippen LogP contribution in [0.1, 0.15) is 44.9 Å². The first-order valence-corrected chi connectivity index (χ1v) is 12.7. The van der Waals surface area contributed by atoms with Crippen LogP contribution in [0.3, 0.4) is 0 Å². The number of ether oxygens (including phenoxy) is 1. The number of aromatic nitrogens is 5. The Bertz CT molecular complexity index is 1720. The molecule has 5 rings (SSSR count). The standard InChI is InChI=1S/C29H25ClF3N5O2/c1-16-5-11-23(17(2)35-16)28(39,25-15-34-37-38(25)3)20-10-12-24-21(14-20)26(30)22(27(36-24)40-4)13-18-6-8-19(9-7-18)29(31,32)33/h5-12,14-15,39H,13H2,1-4H3/t28-/m0/s1. The van der Waals surface area contributed by atoms with E-state index in [4.69, 9.17) is 16.3 Å². The molecule has 0 radical (unpaired) electrons. The van der Waals surface area contributed by atoms with Crippen LogP contribution in [0.2, 0.25) is 5.02 Å². The van der Waals surface area contributed by atoms with Crippen LogP contribution < -0.4 is 4.74 Å². The maximum absolute atomic E-state index is 13.0. The number of rotatable bonds is 6. The van der Waals surface area contributed by atoms with Crippen molar-refractivity contribution in [1.82, 2.24) is 25.0 Å². The number of hydrogen-bond donors (Lipinski definition) is 1. The molecular formula is C29H25ClF3N5O2. The molecule has 1 N–H and O–H groups in total. The SMILES string of the molecule is COc1nc2ccc([C@](O)(c3ccc(C)nc3C)c3cnnn3C)cc2c(Cl)c1Cc1ccc(C(F)(F)F)cc1. The Morgan fingerprint density at radius 3 is 2.27 bits per heavy atom. The molecule has 0 saturated carbocycles. The molecule has 3 heterocycles. The van der Waals surface area contributed by atoms with Crippen molar-refractivity contribution in [3.63, 3.8) is 0 Å². The van der Waals surface area contributed by atoms with Crippen molar-refractivity contribution in [2.45, 2.75) is 32.0 Å². The number of aryl methyl sites for hydroxylation is 3. The Labute approximate surface area is 233 Å². The van der Waals surface area contributed by atoms with Gasteiger partial charge in [0.05, 0.1) is 35.1 Å². The zero-order valence-corrected chi connectivity index (χ0v) is 22.8. The van der Waals surface area contributed by atoms with Crippen molar-refractivity contribution in [1.29, 1.82) is 0 Å². The minimum Gasteiger partial charge on any atom is -0.481 e. The molecule has 11 heteroatoms. The number of aliphatic hydroxyl groups is 1. The highest BCUT2D eigenvalue weighted by molar-refractivity contribution is 6.36. The summed E-state index contributed by atoms with van der Waals surface area (Å²) in [6.07, 6.45) is -2.75. The van der Waals surface area contributed by atoms with E-state index in [1.165, 1.54) is 30.1 Å². The Hall–Kier alpha value is -4.02. The fourth-order valence-corrected chi connectivity index (χ4v) is 5.23. The van der Waals surface area contributed by atoms with E-state index in [9.17, 15) is 18.3 Å². The molecule has 3 aromatic heterocycles. The van der Waals surface area contributed by atoms with Gasteiger partial charge in [0.15, 0.2) is 5.60 Å². The lowest BCUT2D eigenvalue weighted by atomic mass is 9.82. The summed E-state index contributed by atoms with van der Waals surface area (Å²) in [5, 5.41) is 21.2. The highest BCUT2D eigenvalue weighted by Crippen LogP contribution is 2.41. The molecule has 206 valence electrons. The number of halogens is 4. The van der Waals surface area contributed by atoms with Gasteiger partial charge in [0.2, 0.25) is 5.88 Å². The van der Waals surface area contributed by atoms with Crippen LogP contribution in [-0.4, -0.2) is 37.2 Å². The van der Waals surface area contributed by atoms with Gasteiger partial charge in [0.1, 0.15) is 0 Å². The number of pyridine rings is 2. The van der Waals surface area contributed by atoms with Gasteiger partial charge in [-0.1, -0.05) is 41.1 Å². The lowest BCUT2D eigenvalue weighted by Gasteiger charge is -2.30. The summed E-state index contributed by atoms with van der Waals surface area (Å²) >= 11 is 6.93. The van der Waals surface area contributed by atoms with E-state index in [0.717, 1.165) is 17.8 Å². The zero-order chi connectivity index (χ0) is 28.8. The molecule has 0 spiro atoms. The van der Waals surface area contributed by atoms with Crippen LogP contribution in [0.4, 0.5) is 13.2 Å². The van der Waals surface area contributed by atoms with Gasteiger partial charge in [-0.15, -0.1) is 5.10 Å². The average molecular weight is 568 g/mol. The molecule has 1 atom stereocenters. The monoisotopic (exact) mass is 567 g/mol. The molecule has 0 amide bonds. The smallest absolute Gasteiger partial charge is 0.416 e. The minimum atomic E-state index is -4.43. The molecule has 0 aliphatic rings. The summed E-state index contributed by atoms with van der Waals surface area (Å²) in [6, 6.07) is 13.7. The van der Waals surface area contributed by atoms with Crippen LogP contribution in [0, 0.1) is 13.8 Å². The summed E-state index contributed by atoms with van der Waals surface area (Å²) < 4.78 is 46.1. The summed E-state index contributed by atoms with van der Waals surface area (Å²) in [5.74, 6) is 0.259. The number of methoxy groups -OCH3 is 1. The Kier molecular flexibility index (Phi) is 7.01. The van der Waals surface area contributed by atoms with Gasteiger partial charge in [-0.05, 0) is 55.3 Å². The van der Waals surface area contributed by atoms with Gasteiger partial charge in [-0.3, -0.25) is 4.98 Å². The fraction of sp³-hybridized carbons (Fsp3) is 0.241. The van der Waals surface area contributed by atoms with E-state index < -0.39 is 17.3 Å². The molecule has 2 aromatic carbocycles. The number of fused-ring (bicyclic) bond motifs is 1. The molecule has 0 fully saturated rings. The third-order valence-electron chi connectivity index (χ3n) is 6.95. The first kappa shape index (κ1) is 27.5. The van der Waals surface area contributed by atoms with Crippen LogP contribution >= 0.6 is 11.6 Å². The minimum absolute atomic E-state index is 0.185. The van der Waals surface area contributed by atoms with E-state index in [-0.39, 0.29) is 12.3 Å². The van der Waals surface area contributed by atoms with Gasteiger partial charge >= 0.3 is 6.18 Å².